The van der Waals surface area contributed by atoms with Gasteiger partial charge >= 0.3 is 0 Å². The summed E-state index contributed by atoms with van der Waals surface area (Å²) in [7, 11) is 0. The number of aromatic nitrogens is 2. The van der Waals surface area contributed by atoms with E-state index in [0.717, 1.165) is 11.7 Å². The van der Waals surface area contributed by atoms with Crippen molar-refractivity contribution in [1.82, 2.24) is 10.1 Å². The SMILES string of the molecule is BrCc1noc(C2CCC2)n1. The molecule has 3 nitrogen and oxygen atoms in total. The van der Waals surface area contributed by atoms with Gasteiger partial charge < -0.3 is 4.52 Å². The summed E-state index contributed by atoms with van der Waals surface area (Å²) < 4.78 is 5.07. The van der Waals surface area contributed by atoms with Crippen LogP contribution in [0.5, 0.6) is 0 Å². The van der Waals surface area contributed by atoms with E-state index in [-0.39, 0.29) is 0 Å². The monoisotopic (exact) mass is 216 g/mol. The molecular formula is C7H9BrN2O. The Hall–Kier alpha value is -0.380. The second-order valence-corrected chi connectivity index (χ2v) is 3.37. The Morgan fingerprint density at radius 2 is 2.36 bits per heavy atom. The summed E-state index contributed by atoms with van der Waals surface area (Å²) in [6.45, 7) is 0. The Labute approximate surface area is 73.3 Å². The summed E-state index contributed by atoms with van der Waals surface area (Å²) in [6, 6.07) is 0. The van der Waals surface area contributed by atoms with Crippen LogP contribution in [0.25, 0.3) is 0 Å². The van der Waals surface area contributed by atoms with Crippen LogP contribution in [0.15, 0.2) is 4.52 Å². The van der Waals surface area contributed by atoms with Gasteiger partial charge in [-0.05, 0) is 12.8 Å². The third-order valence-corrected chi connectivity index (χ3v) is 2.56. The second kappa shape index (κ2) is 2.93. The molecule has 1 heterocycles. The zero-order valence-electron chi connectivity index (χ0n) is 6.09. The maximum absolute atomic E-state index is 5.07. The van der Waals surface area contributed by atoms with Gasteiger partial charge in [0.1, 0.15) is 0 Å². The number of nitrogens with zero attached hydrogens (tertiary/aromatic N) is 2. The third-order valence-electron chi connectivity index (χ3n) is 2.06. The van der Waals surface area contributed by atoms with Gasteiger partial charge in [0.25, 0.3) is 0 Å². The van der Waals surface area contributed by atoms with E-state index >= 15 is 0 Å². The van der Waals surface area contributed by atoms with E-state index in [4.69, 9.17) is 4.52 Å². The van der Waals surface area contributed by atoms with E-state index in [1.807, 2.05) is 0 Å². The lowest BCUT2D eigenvalue weighted by Crippen LogP contribution is -2.08. The molecule has 1 saturated carbocycles. The molecule has 0 unspecified atom stereocenters. The molecule has 1 fully saturated rings. The second-order valence-electron chi connectivity index (χ2n) is 2.81. The van der Waals surface area contributed by atoms with Gasteiger partial charge in [-0.2, -0.15) is 4.98 Å². The number of halogens is 1. The zero-order valence-corrected chi connectivity index (χ0v) is 7.67. The van der Waals surface area contributed by atoms with Gasteiger partial charge in [0.15, 0.2) is 5.82 Å². The predicted octanol–water partition coefficient (Wildman–Crippen LogP) is 2.23. The first-order valence-corrected chi connectivity index (χ1v) is 4.90. The molecule has 11 heavy (non-hydrogen) atoms. The van der Waals surface area contributed by atoms with Gasteiger partial charge in [-0.1, -0.05) is 27.5 Å². The maximum Gasteiger partial charge on any atom is 0.229 e. The third kappa shape index (κ3) is 1.31. The molecule has 0 aromatic carbocycles. The van der Waals surface area contributed by atoms with Crippen molar-refractivity contribution in [3.63, 3.8) is 0 Å². The van der Waals surface area contributed by atoms with Crippen LogP contribution < -0.4 is 0 Å². The van der Waals surface area contributed by atoms with Gasteiger partial charge in [-0.15, -0.1) is 0 Å². The summed E-state index contributed by atoms with van der Waals surface area (Å²) in [5.74, 6) is 2.13. The summed E-state index contributed by atoms with van der Waals surface area (Å²) in [5, 5.41) is 4.49. The molecule has 0 saturated heterocycles. The minimum Gasteiger partial charge on any atom is -0.339 e. The molecule has 0 radical (unpaired) electrons. The molecule has 4 heteroatoms. The molecule has 1 aromatic rings. The van der Waals surface area contributed by atoms with Crippen molar-refractivity contribution >= 4 is 15.9 Å². The van der Waals surface area contributed by atoms with Gasteiger partial charge in [-0.25, -0.2) is 0 Å². The van der Waals surface area contributed by atoms with E-state index in [1.165, 1.54) is 19.3 Å². The van der Waals surface area contributed by atoms with Crippen molar-refractivity contribution in [2.75, 3.05) is 0 Å². The number of rotatable bonds is 2. The minimum atomic E-state index is 0.551. The Kier molecular flexibility index (Phi) is 1.94. The van der Waals surface area contributed by atoms with Crippen LogP contribution in [-0.2, 0) is 5.33 Å². The topological polar surface area (TPSA) is 38.9 Å². The van der Waals surface area contributed by atoms with Crippen molar-refractivity contribution in [3.05, 3.63) is 11.7 Å². The number of hydrogen-bond acceptors (Lipinski definition) is 3. The molecule has 0 atom stereocenters. The fraction of sp³-hybridized carbons (Fsp3) is 0.714. The molecule has 60 valence electrons. The summed E-state index contributed by atoms with van der Waals surface area (Å²) in [5.41, 5.74) is 0. The van der Waals surface area contributed by atoms with Crippen LogP contribution in [0.4, 0.5) is 0 Å². The van der Waals surface area contributed by atoms with E-state index in [2.05, 4.69) is 26.1 Å². The molecular weight excluding hydrogens is 208 g/mol. The lowest BCUT2D eigenvalue weighted by atomic mass is 9.85. The minimum absolute atomic E-state index is 0.551. The van der Waals surface area contributed by atoms with Crippen molar-refractivity contribution in [2.45, 2.75) is 30.5 Å². The Balaban J connectivity index is 2.11. The highest BCUT2D eigenvalue weighted by Gasteiger charge is 2.24. The Morgan fingerprint density at radius 1 is 1.55 bits per heavy atom. The fourth-order valence-electron chi connectivity index (χ4n) is 1.14. The van der Waals surface area contributed by atoms with Gasteiger partial charge in [0.05, 0.1) is 5.33 Å². The van der Waals surface area contributed by atoms with E-state index in [1.54, 1.807) is 0 Å². The highest BCUT2D eigenvalue weighted by Crippen LogP contribution is 2.35. The molecule has 0 amide bonds. The smallest absolute Gasteiger partial charge is 0.229 e. The molecule has 1 aromatic heterocycles. The molecule has 1 aliphatic carbocycles. The van der Waals surface area contributed by atoms with Crippen molar-refractivity contribution in [1.29, 1.82) is 0 Å². The molecule has 0 aliphatic heterocycles. The molecule has 2 rings (SSSR count). The first kappa shape index (κ1) is 7.28. The first-order valence-electron chi connectivity index (χ1n) is 3.78. The molecule has 1 aliphatic rings. The van der Waals surface area contributed by atoms with Crippen LogP contribution in [0, 0.1) is 0 Å². The zero-order chi connectivity index (χ0) is 7.68. The quantitative estimate of drug-likeness (QED) is 0.713. The Bertz CT molecular complexity index is 244. The highest BCUT2D eigenvalue weighted by molar-refractivity contribution is 9.08. The normalized spacial score (nSPS) is 18.3. The van der Waals surface area contributed by atoms with Crippen molar-refractivity contribution in [3.8, 4) is 0 Å². The summed E-state index contributed by atoms with van der Waals surface area (Å²) >= 11 is 3.27. The van der Waals surface area contributed by atoms with Gasteiger partial charge in [-0.3, -0.25) is 0 Å². The van der Waals surface area contributed by atoms with Crippen LogP contribution in [0.2, 0.25) is 0 Å². The van der Waals surface area contributed by atoms with Gasteiger partial charge in [0.2, 0.25) is 5.89 Å². The maximum atomic E-state index is 5.07. The van der Waals surface area contributed by atoms with E-state index in [0.29, 0.717) is 11.2 Å². The van der Waals surface area contributed by atoms with Crippen LogP contribution in [0.1, 0.15) is 36.9 Å². The Morgan fingerprint density at radius 3 is 2.82 bits per heavy atom. The fourth-order valence-corrected chi connectivity index (χ4v) is 1.37. The average molecular weight is 217 g/mol. The van der Waals surface area contributed by atoms with E-state index in [9.17, 15) is 0 Å². The average Bonchev–Trinajstić information content (AvgIpc) is 2.32. The largest absolute Gasteiger partial charge is 0.339 e. The lowest BCUT2D eigenvalue weighted by molar-refractivity contribution is 0.291. The highest BCUT2D eigenvalue weighted by atomic mass is 79.9. The van der Waals surface area contributed by atoms with Gasteiger partial charge in [0, 0.05) is 5.92 Å². The molecule has 0 bridgehead atoms. The van der Waals surface area contributed by atoms with Crippen molar-refractivity contribution in [2.24, 2.45) is 0 Å². The van der Waals surface area contributed by atoms with Crippen LogP contribution in [0.3, 0.4) is 0 Å². The summed E-state index contributed by atoms with van der Waals surface area (Å²) in [4.78, 5) is 4.23. The predicted molar refractivity (Wildman–Crippen MR) is 43.5 cm³/mol. The summed E-state index contributed by atoms with van der Waals surface area (Å²) in [6.07, 6.45) is 3.73. The standard InChI is InChI=1S/C7H9BrN2O/c8-4-6-9-7(11-10-6)5-2-1-3-5/h5H,1-4H2. The van der Waals surface area contributed by atoms with Crippen LogP contribution in [-0.4, -0.2) is 10.1 Å². The molecule has 0 spiro atoms. The van der Waals surface area contributed by atoms with E-state index < -0.39 is 0 Å². The molecule has 0 N–H and O–H groups in total. The first-order chi connectivity index (χ1) is 5.40. The number of alkyl halides is 1. The number of hydrogen-bond donors (Lipinski definition) is 0. The van der Waals surface area contributed by atoms with Crippen LogP contribution >= 0.6 is 15.9 Å². The lowest BCUT2D eigenvalue weighted by Gasteiger charge is -2.20. The van der Waals surface area contributed by atoms with Crippen molar-refractivity contribution < 1.29 is 4.52 Å².